The molecule has 1 heterocycles. The molecular formula is C14H19BN2O3. The lowest BCUT2D eigenvalue weighted by Gasteiger charge is -2.21. The van der Waals surface area contributed by atoms with Crippen molar-refractivity contribution in [3.8, 4) is 11.8 Å². The van der Waals surface area contributed by atoms with Crippen LogP contribution in [0.5, 0.6) is 5.75 Å². The Bertz CT molecular complexity index is 552. The second kappa shape index (κ2) is 5.45. The molecule has 0 radical (unpaired) electrons. The molecule has 3 N–H and O–H groups in total. The van der Waals surface area contributed by atoms with Gasteiger partial charge in [-0.3, -0.25) is 0 Å². The lowest BCUT2D eigenvalue weighted by molar-refractivity contribution is 0.262. The van der Waals surface area contributed by atoms with Crippen molar-refractivity contribution in [2.45, 2.75) is 38.8 Å². The van der Waals surface area contributed by atoms with Crippen LogP contribution >= 0.6 is 0 Å². The molecule has 5 nitrogen and oxygen atoms in total. The van der Waals surface area contributed by atoms with Crippen molar-refractivity contribution in [2.75, 3.05) is 6.61 Å². The molecule has 0 aliphatic carbocycles. The number of fused-ring (bicyclic) bond motifs is 1. The summed E-state index contributed by atoms with van der Waals surface area (Å²) in [5.74, 6) is 0.817. The summed E-state index contributed by atoms with van der Waals surface area (Å²) in [5, 5.41) is 18.9. The Balaban J connectivity index is 2.35. The number of rotatable bonds is 4. The Kier molecular flexibility index (Phi) is 4.05. The zero-order chi connectivity index (χ0) is 14.9. The molecule has 0 unspecified atom stereocenters. The predicted octanol–water partition coefficient (Wildman–Crippen LogP) is 0.647. The van der Waals surface area contributed by atoms with E-state index in [9.17, 15) is 5.02 Å². The normalized spacial score (nSPS) is 16.8. The summed E-state index contributed by atoms with van der Waals surface area (Å²) in [5.41, 5.74) is 7.41. The topological polar surface area (TPSA) is 88.5 Å². The average molecular weight is 274 g/mol. The number of nitriles is 1. The second-order valence-corrected chi connectivity index (χ2v) is 5.69. The Morgan fingerprint density at radius 3 is 2.90 bits per heavy atom. The molecule has 1 atom stereocenters. The molecule has 0 bridgehead atoms. The fraction of sp³-hybridized carbons (Fsp3) is 0.500. The maximum absolute atomic E-state index is 9.95. The number of benzene rings is 1. The standard InChI is InChI=1S/C14H19BN2O3/c1-9(2)12-11(19-8-14(3,17)7-16)5-4-10-6-20-15(18)13(10)12/h4-5,9,18H,6,8,17H2,1-3H3/t14-/m0/s1. The second-order valence-electron chi connectivity index (χ2n) is 5.69. The molecular weight excluding hydrogens is 255 g/mol. The van der Waals surface area contributed by atoms with Crippen LogP contribution in [-0.2, 0) is 11.3 Å². The van der Waals surface area contributed by atoms with Crippen LogP contribution in [0, 0.1) is 11.3 Å². The zero-order valence-corrected chi connectivity index (χ0v) is 12.0. The molecule has 20 heavy (non-hydrogen) atoms. The lowest BCUT2D eigenvalue weighted by Crippen LogP contribution is -2.41. The van der Waals surface area contributed by atoms with Crippen molar-refractivity contribution < 1.29 is 14.4 Å². The highest BCUT2D eigenvalue weighted by molar-refractivity contribution is 6.62. The molecule has 0 saturated heterocycles. The number of nitrogens with two attached hydrogens (primary N) is 1. The maximum atomic E-state index is 9.95. The molecule has 0 saturated carbocycles. The van der Waals surface area contributed by atoms with E-state index in [2.05, 4.69) is 0 Å². The summed E-state index contributed by atoms with van der Waals surface area (Å²) < 4.78 is 11.0. The summed E-state index contributed by atoms with van der Waals surface area (Å²) in [7, 11) is -0.911. The zero-order valence-electron chi connectivity index (χ0n) is 12.0. The van der Waals surface area contributed by atoms with Crippen LogP contribution < -0.4 is 15.9 Å². The van der Waals surface area contributed by atoms with Crippen LogP contribution in [0.2, 0.25) is 0 Å². The molecule has 0 amide bonds. The largest absolute Gasteiger partial charge is 0.492 e. The first kappa shape index (κ1) is 14.9. The minimum absolute atomic E-state index is 0.0962. The van der Waals surface area contributed by atoms with Crippen LogP contribution in [0.3, 0.4) is 0 Å². The van der Waals surface area contributed by atoms with Gasteiger partial charge in [0.15, 0.2) is 0 Å². The third-order valence-electron chi connectivity index (χ3n) is 3.34. The van der Waals surface area contributed by atoms with E-state index in [0.29, 0.717) is 12.4 Å². The van der Waals surface area contributed by atoms with Gasteiger partial charge in [-0.05, 0) is 35.5 Å². The Morgan fingerprint density at radius 2 is 2.30 bits per heavy atom. The van der Waals surface area contributed by atoms with Crippen molar-refractivity contribution in [1.82, 2.24) is 0 Å². The minimum atomic E-state index is -1.04. The van der Waals surface area contributed by atoms with E-state index in [0.717, 1.165) is 16.6 Å². The summed E-state index contributed by atoms with van der Waals surface area (Å²) >= 11 is 0. The van der Waals surface area contributed by atoms with Crippen molar-refractivity contribution in [3.05, 3.63) is 23.3 Å². The first-order valence-corrected chi connectivity index (χ1v) is 6.64. The SMILES string of the molecule is CC(C)c1c(OC[C@@](C)(N)C#N)ccc2c1B(O)OC2. The molecule has 106 valence electrons. The van der Waals surface area contributed by atoms with Crippen LogP contribution in [0.15, 0.2) is 12.1 Å². The first-order valence-electron chi connectivity index (χ1n) is 6.64. The summed E-state index contributed by atoms with van der Waals surface area (Å²) in [6, 6.07) is 5.73. The van der Waals surface area contributed by atoms with E-state index < -0.39 is 12.7 Å². The fourth-order valence-corrected chi connectivity index (χ4v) is 2.31. The highest BCUT2D eigenvalue weighted by atomic mass is 16.5. The van der Waals surface area contributed by atoms with Gasteiger partial charge in [0.05, 0.1) is 12.7 Å². The number of hydrogen-bond donors (Lipinski definition) is 2. The van der Waals surface area contributed by atoms with E-state index in [1.165, 1.54) is 0 Å². The van der Waals surface area contributed by atoms with Gasteiger partial charge in [-0.2, -0.15) is 5.26 Å². The molecule has 2 rings (SSSR count). The Hall–Kier alpha value is -1.55. The molecule has 1 aliphatic rings. The van der Waals surface area contributed by atoms with Crippen molar-refractivity contribution >= 4 is 12.6 Å². The molecule has 0 aromatic heterocycles. The lowest BCUT2D eigenvalue weighted by atomic mass is 9.73. The first-order chi connectivity index (χ1) is 9.35. The smallest absolute Gasteiger partial charge is 0.490 e. The van der Waals surface area contributed by atoms with Gasteiger partial charge in [0.25, 0.3) is 0 Å². The van der Waals surface area contributed by atoms with Gasteiger partial charge in [0.2, 0.25) is 0 Å². The highest BCUT2D eigenvalue weighted by Gasteiger charge is 2.33. The van der Waals surface area contributed by atoms with E-state index in [-0.39, 0.29) is 12.5 Å². The van der Waals surface area contributed by atoms with Gasteiger partial charge in [-0.1, -0.05) is 19.9 Å². The van der Waals surface area contributed by atoms with Crippen LogP contribution in [0.25, 0.3) is 0 Å². The molecule has 1 aliphatic heterocycles. The van der Waals surface area contributed by atoms with Gasteiger partial charge >= 0.3 is 7.12 Å². The van der Waals surface area contributed by atoms with E-state index >= 15 is 0 Å². The third kappa shape index (κ3) is 2.80. The van der Waals surface area contributed by atoms with Gasteiger partial charge < -0.3 is 20.1 Å². The Morgan fingerprint density at radius 1 is 1.60 bits per heavy atom. The van der Waals surface area contributed by atoms with E-state index in [1.54, 1.807) is 6.92 Å². The van der Waals surface area contributed by atoms with Gasteiger partial charge in [-0.15, -0.1) is 0 Å². The number of ether oxygens (including phenoxy) is 1. The van der Waals surface area contributed by atoms with E-state index in [4.69, 9.17) is 20.4 Å². The van der Waals surface area contributed by atoms with Crippen molar-refractivity contribution in [2.24, 2.45) is 5.73 Å². The molecule has 1 aromatic carbocycles. The number of nitrogens with zero attached hydrogens (tertiary/aromatic N) is 1. The average Bonchev–Trinajstić information content (AvgIpc) is 2.77. The van der Waals surface area contributed by atoms with Crippen LogP contribution in [-0.4, -0.2) is 24.3 Å². The summed E-state index contributed by atoms with van der Waals surface area (Å²) in [4.78, 5) is 0. The molecule has 0 fully saturated rings. The van der Waals surface area contributed by atoms with Gasteiger partial charge in [0.1, 0.15) is 17.9 Å². The van der Waals surface area contributed by atoms with Crippen LogP contribution in [0.4, 0.5) is 0 Å². The van der Waals surface area contributed by atoms with Gasteiger partial charge in [0, 0.05) is 0 Å². The van der Waals surface area contributed by atoms with Gasteiger partial charge in [-0.25, -0.2) is 0 Å². The molecule has 1 aromatic rings. The van der Waals surface area contributed by atoms with Crippen LogP contribution in [0.1, 0.15) is 37.8 Å². The van der Waals surface area contributed by atoms with Crippen molar-refractivity contribution in [1.29, 1.82) is 5.26 Å². The number of hydrogen-bond acceptors (Lipinski definition) is 5. The maximum Gasteiger partial charge on any atom is 0.492 e. The fourth-order valence-electron chi connectivity index (χ4n) is 2.31. The molecule has 0 spiro atoms. The van der Waals surface area contributed by atoms with E-state index in [1.807, 2.05) is 32.0 Å². The minimum Gasteiger partial charge on any atom is -0.490 e. The monoisotopic (exact) mass is 274 g/mol. The Labute approximate surface area is 119 Å². The summed E-state index contributed by atoms with van der Waals surface area (Å²) in [6.07, 6.45) is 0. The third-order valence-corrected chi connectivity index (χ3v) is 3.34. The highest BCUT2D eigenvalue weighted by Crippen LogP contribution is 2.29. The quantitative estimate of drug-likeness (QED) is 0.787. The summed E-state index contributed by atoms with van der Waals surface area (Å²) in [6.45, 7) is 6.18. The predicted molar refractivity (Wildman–Crippen MR) is 76.6 cm³/mol. The van der Waals surface area contributed by atoms with Crippen molar-refractivity contribution in [3.63, 3.8) is 0 Å². The molecule has 6 heteroatoms.